The van der Waals surface area contributed by atoms with Gasteiger partial charge in [0.05, 0.1) is 12.2 Å². The predicted octanol–water partition coefficient (Wildman–Crippen LogP) is 2.58. The fourth-order valence-corrected chi connectivity index (χ4v) is 2.06. The molecule has 20 heavy (non-hydrogen) atoms. The highest BCUT2D eigenvalue weighted by atomic mass is 16.5. The van der Waals surface area contributed by atoms with Gasteiger partial charge in [0, 0.05) is 23.9 Å². The van der Waals surface area contributed by atoms with Crippen molar-refractivity contribution in [3.8, 4) is 11.4 Å². The van der Waals surface area contributed by atoms with E-state index in [4.69, 9.17) is 9.26 Å². The van der Waals surface area contributed by atoms with Gasteiger partial charge in [-0.15, -0.1) is 0 Å². The number of ether oxygens (including phenoxy) is 1. The van der Waals surface area contributed by atoms with E-state index in [0.717, 1.165) is 12.8 Å². The largest absolute Gasteiger partial charge is 0.462 e. The monoisotopic (exact) mass is 273 g/mol. The van der Waals surface area contributed by atoms with E-state index in [-0.39, 0.29) is 0 Å². The summed E-state index contributed by atoms with van der Waals surface area (Å²) in [6, 6.07) is 1.67. The Kier molecular flexibility index (Phi) is 3.45. The highest BCUT2D eigenvalue weighted by Gasteiger charge is 2.25. The first-order valence-electron chi connectivity index (χ1n) is 6.74. The van der Waals surface area contributed by atoms with Crippen LogP contribution >= 0.6 is 0 Å². The second kappa shape index (κ2) is 5.40. The summed E-state index contributed by atoms with van der Waals surface area (Å²) in [4.78, 5) is 20.1. The average molecular weight is 273 g/mol. The molecule has 3 rings (SSSR count). The molecule has 2 aromatic heterocycles. The molecule has 0 aliphatic heterocycles. The Balaban J connectivity index is 1.84. The van der Waals surface area contributed by atoms with Gasteiger partial charge in [-0.25, -0.2) is 4.79 Å². The number of rotatable bonds is 4. The van der Waals surface area contributed by atoms with Gasteiger partial charge in [-0.05, 0) is 25.8 Å². The highest BCUT2D eigenvalue weighted by molar-refractivity contribution is 5.90. The lowest BCUT2D eigenvalue weighted by molar-refractivity contribution is 0.0526. The number of carbonyl (C=O) groups is 1. The van der Waals surface area contributed by atoms with E-state index in [1.807, 2.05) is 0 Å². The Labute approximate surface area is 116 Å². The Hall–Kier alpha value is -2.24. The molecule has 2 heterocycles. The molecule has 0 aromatic carbocycles. The topological polar surface area (TPSA) is 78.1 Å². The third-order valence-electron chi connectivity index (χ3n) is 3.40. The van der Waals surface area contributed by atoms with Gasteiger partial charge in [0.25, 0.3) is 0 Å². The van der Waals surface area contributed by atoms with Crippen LogP contribution < -0.4 is 0 Å². The molecule has 6 nitrogen and oxygen atoms in total. The first-order valence-corrected chi connectivity index (χ1v) is 6.74. The van der Waals surface area contributed by atoms with Crippen LogP contribution in [0.3, 0.4) is 0 Å². The molecule has 1 fully saturated rings. The van der Waals surface area contributed by atoms with E-state index in [1.165, 1.54) is 12.6 Å². The maximum atomic E-state index is 11.7. The maximum Gasteiger partial charge on any atom is 0.339 e. The molecular weight excluding hydrogens is 258 g/mol. The summed E-state index contributed by atoms with van der Waals surface area (Å²) in [5.41, 5.74) is 1.05. The number of pyridine rings is 1. The SMILES string of the molecule is CCOC(=O)c1cncc(-c2noc(C3CCC3)n2)c1. The minimum atomic E-state index is -0.399. The molecule has 104 valence electrons. The second-order valence-electron chi connectivity index (χ2n) is 4.77. The van der Waals surface area contributed by atoms with Gasteiger partial charge in [-0.1, -0.05) is 11.6 Å². The van der Waals surface area contributed by atoms with Crippen LogP contribution in [0.25, 0.3) is 11.4 Å². The number of aromatic nitrogens is 3. The molecular formula is C14H15N3O3. The molecule has 1 aliphatic carbocycles. The van der Waals surface area contributed by atoms with Crippen molar-refractivity contribution in [1.82, 2.24) is 15.1 Å². The van der Waals surface area contributed by atoms with Crippen molar-refractivity contribution in [3.05, 3.63) is 29.9 Å². The maximum absolute atomic E-state index is 11.7. The molecule has 6 heteroatoms. The van der Waals surface area contributed by atoms with Gasteiger partial charge < -0.3 is 9.26 Å². The third-order valence-corrected chi connectivity index (χ3v) is 3.40. The van der Waals surface area contributed by atoms with E-state index in [2.05, 4.69) is 15.1 Å². The lowest BCUT2D eigenvalue weighted by atomic mass is 9.85. The van der Waals surface area contributed by atoms with Crippen LogP contribution in [0, 0.1) is 0 Å². The van der Waals surface area contributed by atoms with Crippen molar-refractivity contribution in [2.75, 3.05) is 6.61 Å². The van der Waals surface area contributed by atoms with Crippen LogP contribution in [0.1, 0.15) is 48.4 Å². The number of esters is 1. The van der Waals surface area contributed by atoms with Crippen LogP contribution in [-0.4, -0.2) is 27.7 Å². The molecule has 0 radical (unpaired) electrons. The van der Waals surface area contributed by atoms with E-state index in [0.29, 0.717) is 35.4 Å². The molecule has 0 spiro atoms. The fraction of sp³-hybridized carbons (Fsp3) is 0.429. The van der Waals surface area contributed by atoms with Gasteiger partial charge in [-0.2, -0.15) is 4.98 Å². The standard InChI is InChI=1S/C14H15N3O3/c1-2-19-14(18)11-6-10(7-15-8-11)12-16-13(20-17-12)9-4-3-5-9/h6-9H,2-5H2,1H3. The van der Waals surface area contributed by atoms with Crippen molar-refractivity contribution in [3.63, 3.8) is 0 Å². The zero-order valence-electron chi connectivity index (χ0n) is 11.2. The first-order chi connectivity index (χ1) is 9.78. The number of hydrogen-bond donors (Lipinski definition) is 0. The molecule has 0 atom stereocenters. The van der Waals surface area contributed by atoms with E-state index in [9.17, 15) is 4.79 Å². The summed E-state index contributed by atoms with van der Waals surface area (Å²) in [7, 11) is 0. The van der Waals surface area contributed by atoms with Gasteiger partial charge in [0.15, 0.2) is 0 Å². The lowest BCUT2D eigenvalue weighted by Crippen LogP contribution is -2.08. The zero-order chi connectivity index (χ0) is 13.9. The smallest absolute Gasteiger partial charge is 0.339 e. The molecule has 1 aliphatic rings. The van der Waals surface area contributed by atoms with Crippen molar-refractivity contribution < 1.29 is 14.1 Å². The molecule has 1 saturated carbocycles. The van der Waals surface area contributed by atoms with Crippen molar-refractivity contribution in [2.24, 2.45) is 0 Å². The summed E-state index contributed by atoms with van der Waals surface area (Å²) >= 11 is 0. The van der Waals surface area contributed by atoms with Gasteiger partial charge in [0.1, 0.15) is 0 Å². The molecule has 2 aromatic rings. The van der Waals surface area contributed by atoms with Crippen LogP contribution in [-0.2, 0) is 4.74 Å². The normalized spacial score (nSPS) is 14.8. The Morgan fingerprint density at radius 2 is 2.30 bits per heavy atom. The van der Waals surface area contributed by atoms with E-state index >= 15 is 0 Å². The predicted molar refractivity (Wildman–Crippen MR) is 70.1 cm³/mol. The summed E-state index contributed by atoms with van der Waals surface area (Å²) in [6.07, 6.45) is 6.49. The summed E-state index contributed by atoms with van der Waals surface area (Å²) in [6.45, 7) is 2.09. The highest BCUT2D eigenvalue weighted by Crippen LogP contribution is 2.35. The molecule has 0 N–H and O–H groups in total. The van der Waals surface area contributed by atoms with E-state index < -0.39 is 5.97 Å². The fourth-order valence-electron chi connectivity index (χ4n) is 2.06. The van der Waals surface area contributed by atoms with E-state index in [1.54, 1.807) is 19.2 Å². The minimum Gasteiger partial charge on any atom is -0.462 e. The van der Waals surface area contributed by atoms with Crippen molar-refractivity contribution in [1.29, 1.82) is 0 Å². The van der Waals surface area contributed by atoms with Gasteiger partial charge in [-0.3, -0.25) is 4.98 Å². The second-order valence-corrected chi connectivity index (χ2v) is 4.77. The molecule has 0 amide bonds. The Morgan fingerprint density at radius 1 is 1.45 bits per heavy atom. The summed E-state index contributed by atoms with van der Waals surface area (Å²) in [5, 5.41) is 3.96. The van der Waals surface area contributed by atoms with Crippen molar-refractivity contribution >= 4 is 5.97 Å². The quantitative estimate of drug-likeness (QED) is 0.797. The first kappa shape index (κ1) is 12.8. The third kappa shape index (κ3) is 2.41. The Morgan fingerprint density at radius 3 is 3.00 bits per heavy atom. The molecule has 0 saturated heterocycles. The van der Waals surface area contributed by atoms with Gasteiger partial charge in [0.2, 0.25) is 11.7 Å². The number of hydrogen-bond acceptors (Lipinski definition) is 6. The molecule has 0 bridgehead atoms. The summed E-state index contributed by atoms with van der Waals surface area (Å²) in [5.74, 6) is 1.13. The van der Waals surface area contributed by atoms with Crippen LogP contribution in [0.15, 0.2) is 23.0 Å². The minimum absolute atomic E-state index is 0.330. The summed E-state index contributed by atoms with van der Waals surface area (Å²) < 4.78 is 10.2. The van der Waals surface area contributed by atoms with Crippen LogP contribution in [0.2, 0.25) is 0 Å². The molecule has 0 unspecified atom stereocenters. The number of nitrogens with zero attached hydrogens (tertiary/aromatic N) is 3. The number of carbonyl (C=O) groups excluding carboxylic acids is 1. The van der Waals surface area contributed by atoms with Gasteiger partial charge >= 0.3 is 5.97 Å². The van der Waals surface area contributed by atoms with Crippen LogP contribution in [0.5, 0.6) is 0 Å². The zero-order valence-corrected chi connectivity index (χ0v) is 11.2. The van der Waals surface area contributed by atoms with Crippen molar-refractivity contribution in [2.45, 2.75) is 32.1 Å². The average Bonchev–Trinajstić information content (AvgIpc) is 2.86. The Bertz CT molecular complexity index is 620. The lowest BCUT2D eigenvalue weighted by Gasteiger charge is -2.20. The van der Waals surface area contributed by atoms with Crippen LogP contribution in [0.4, 0.5) is 0 Å².